The number of sulfonamides is 1. The van der Waals surface area contributed by atoms with E-state index in [9.17, 15) is 8.42 Å². The average molecular weight is 313 g/mol. The summed E-state index contributed by atoms with van der Waals surface area (Å²) in [5, 5.41) is 3.35. The Morgan fingerprint density at radius 2 is 1.71 bits per heavy atom. The van der Waals surface area contributed by atoms with Crippen LogP contribution in [0.25, 0.3) is 0 Å². The lowest BCUT2D eigenvalue weighted by molar-refractivity contribution is 0.304. The van der Waals surface area contributed by atoms with Gasteiger partial charge in [-0.25, -0.2) is 13.1 Å². The highest BCUT2D eigenvalue weighted by atomic mass is 32.2. The Kier molecular flexibility index (Phi) is 6.04. The lowest BCUT2D eigenvalue weighted by atomic mass is 9.85. The summed E-state index contributed by atoms with van der Waals surface area (Å²) < 4.78 is 25.8. The molecule has 0 aromatic heterocycles. The Balaban J connectivity index is 2.86. The molecule has 0 atom stereocenters. The number of nitrogens with one attached hydrogen (secondary N) is 2. The van der Waals surface area contributed by atoms with Crippen molar-refractivity contribution in [2.45, 2.75) is 32.6 Å². The summed E-state index contributed by atoms with van der Waals surface area (Å²) in [6, 6.07) is 4.95. The molecule has 1 rings (SSSR count). The van der Waals surface area contributed by atoms with Gasteiger partial charge in [-0.1, -0.05) is 27.7 Å². The minimum absolute atomic E-state index is 0.111. The Bertz CT molecular complexity index is 560. The molecule has 0 radical (unpaired) electrons. The van der Waals surface area contributed by atoms with E-state index in [1.165, 1.54) is 13.1 Å². The van der Waals surface area contributed by atoms with Crippen LogP contribution in [0.3, 0.4) is 0 Å². The van der Waals surface area contributed by atoms with Crippen LogP contribution in [0.4, 0.5) is 11.4 Å². The van der Waals surface area contributed by atoms with E-state index in [2.05, 4.69) is 37.7 Å². The highest BCUT2D eigenvalue weighted by molar-refractivity contribution is 7.89. The predicted octanol–water partition coefficient (Wildman–Crippen LogP) is 2.52. The molecule has 5 nitrogen and oxygen atoms in total. The Labute approximate surface area is 128 Å². The van der Waals surface area contributed by atoms with Gasteiger partial charge in [0.05, 0.1) is 5.69 Å². The number of rotatable bonds is 7. The lowest BCUT2D eigenvalue weighted by Crippen LogP contribution is -2.24. The zero-order chi connectivity index (χ0) is 16.2. The third-order valence-corrected chi connectivity index (χ3v) is 5.31. The Morgan fingerprint density at radius 3 is 2.14 bits per heavy atom. The highest BCUT2D eigenvalue weighted by Crippen LogP contribution is 2.24. The summed E-state index contributed by atoms with van der Waals surface area (Å²) in [7, 11) is -2.13. The molecule has 0 amide bonds. The van der Waals surface area contributed by atoms with Crippen molar-refractivity contribution >= 4 is 21.4 Å². The van der Waals surface area contributed by atoms with Crippen LogP contribution in [-0.2, 0) is 10.0 Å². The second-order valence-corrected chi connectivity index (χ2v) is 7.85. The van der Waals surface area contributed by atoms with Crippen molar-refractivity contribution in [1.82, 2.24) is 4.72 Å². The third kappa shape index (κ3) is 4.61. The van der Waals surface area contributed by atoms with Crippen molar-refractivity contribution in [3.05, 3.63) is 18.2 Å². The van der Waals surface area contributed by atoms with Crippen molar-refractivity contribution in [1.29, 1.82) is 0 Å². The first-order valence-corrected chi connectivity index (χ1v) is 8.74. The molecule has 0 spiro atoms. The quantitative estimate of drug-likeness (QED) is 0.675. The number of benzene rings is 1. The molecule has 0 aliphatic carbocycles. The summed E-state index contributed by atoms with van der Waals surface area (Å²) in [4.78, 5) is 0.111. The van der Waals surface area contributed by atoms with Crippen molar-refractivity contribution in [3.63, 3.8) is 0 Å². The van der Waals surface area contributed by atoms with E-state index in [1.807, 2.05) is 0 Å². The third-order valence-electron chi connectivity index (χ3n) is 3.82. The minimum atomic E-state index is -3.51. The topological polar surface area (TPSA) is 84.2 Å². The molecule has 4 N–H and O–H groups in total. The molecule has 1 aromatic carbocycles. The number of nitrogen functional groups attached to an aromatic ring is 1. The zero-order valence-electron chi connectivity index (χ0n) is 13.5. The first-order chi connectivity index (χ1) is 9.69. The van der Waals surface area contributed by atoms with Gasteiger partial charge >= 0.3 is 0 Å². The monoisotopic (exact) mass is 313 g/mol. The van der Waals surface area contributed by atoms with E-state index < -0.39 is 10.0 Å². The summed E-state index contributed by atoms with van der Waals surface area (Å²) in [5.41, 5.74) is 6.94. The molecule has 0 fully saturated rings. The van der Waals surface area contributed by atoms with E-state index in [4.69, 9.17) is 5.73 Å². The van der Waals surface area contributed by atoms with Crippen molar-refractivity contribution in [2.75, 3.05) is 24.6 Å². The van der Waals surface area contributed by atoms with Gasteiger partial charge in [-0.05, 0) is 43.0 Å². The zero-order valence-corrected chi connectivity index (χ0v) is 14.3. The molecule has 0 aliphatic heterocycles. The number of nitrogens with two attached hydrogens (primary N) is 1. The molecule has 1 aromatic rings. The molecule has 0 saturated heterocycles. The summed E-state index contributed by atoms with van der Waals surface area (Å²) in [6.07, 6.45) is 0. The molecule has 21 heavy (non-hydrogen) atoms. The SMILES string of the molecule is CNS(=O)(=O)c1ccc(NCC(C(C)C)C(C)C)cc1N. The first-order valence-electron chi connectivity index (χ1n) is 7.26. The van der Waals surface area contributed by atoms with Crippen LogP contribution < -0.4 is 15.8 Å². The smallest absolute Gasteiger partial charge is 0.242 e. The van der Waals surface area contributed by atoms with Crippen LogP contribution in [-0.4, -0.2) is 22.0 Å². The van der Waals surface area contributed by atoms with Crippen LogP contribution in [0.1, 0.15) is 27.7 Å². The Morgan fingerprint density at radius 1 is 1.14 bits per heavy atom. The van der Waals surface area contributed by atoms with E-state index in [1.54, 1.807) is 12.1 Å². The van der Waals surface area contributed by atoms with Crippen molar-refractivity contribution in [3.8, 4) is 0 Å². The fraction of sp³-hybridized carbons (Fsp3) is 0.600. The van der Waals surface area contributed by atoms with Gasteiger partial charge in [-0.2, -0.15) is 0 Å². The van der Waals surface area contributed by atoms with Gasteiger partial charge in [-0.15, -0.1) is 0 Å². The molecule has 6 heteroatoms. The van der Waals surface area contributed by atoms with Gasteiger partial charge < -0.3 is 11.1 Å². The van der Waals surface area contributed by atoms with E-state index in [0.717, 1.165) is 12.2 Å². The molecule has 0 aliphatic rings. The number of hydrogen-bond donors (Lipinski definition) is 3. The van der Waals surface area contributed by atoms with Crippen LogP contribution in [0.15, 0.2) is 23.1 Å². The molecular weight excluding hydrogens is 286 g/mol. The summed E-state index contributed by atoms with van der Waals surface area (Å²) >= 11 is 0. The van der Waals surface area contributed by atoms with Gasteiger partial charge in [0.2, 0.25) is 10.0 Å². The standard InChI is InChI=1S/C15H27N3O2S/c1-10(2)13(11(3)4)9-18-12-6-7-15(14(16)8-12)21(19,20)17-5/h6-8,10-11,13,17-18H,9,16H2,1-5H3. The van der Waals surface area contributed by atoms with E-state index in [0.29, 0.717) is 17.8 Å². The molecule has 0 bridgehead atoms. The predicted molar refractivity (Wildman–Crippen MR) is 88.8 cm³/mol. The Hall–Kier alpha value is -1.27. The molecule has 0 unspecified atom stereocenters. The minimum Gasteiger partial charge on any atom is -0.398 e. The van der Waals surface area contributed by atoms with E-state index >= 15 is 0 Å². The van der Waals surface area contributed by atoms with Gasteiger partial charge in [0, 0.05) is 12.2 Å². The van der Waals surface area contributed by atoms with Crippen LogP contribution >= 0.6 is 0 Å². The van der Waals surface area contributed by atoms with E-state index in [-0.39, 0.29) is 10.6 Å². The second kappa shape index (κ2) is 7.13. The lowest BCUT2D eigenvalue weighted by Gasteiger charge is -2.25. The van der Waals surface area contributed by atoms with Crippen molar-refractivity contribution < 1.29 is 8.42 Å². The summed E-state index contributed by atoms with van der Waals surface area (Å²) in [6.45, 7) is 9.69. The number of hydrogen-bond acceptors (Lipinski definition) is 4. The molecule has 0 heterocycles. The largest absolute Gasteiger partial charge is 0.398 e. The summed E-state index contributed by atoms with van der Waals surface area (Å²) in [5.74, 6) is 1.71. The first kappa shape index (κ1) is 17.8. The second-order valence-electron chi connectivity index (χ2n) is 5.99. The fourth-order valence-electron chi connectivity index (χ4n) is 2.49. The van der Waals surface area contributed by atoms with Gasteiger partial charge in [0.1, 0.15) is 4.90 Å². The van der Waals surface area contributed by atoms with Gasteiger partial charge in [0.15, 0.2) is 0 Å². The van der Waals surface area contributed by atoms with Crippen LogP contribution in [0, 0.1) is 17.8 Å². The van der Waals surface area contributed by atoms with Crippen molar-refractivity contribution in [2.24, 2.45) is 17.8 Å². The number of anilines is 2. The maximum absolute atomic E-state index is 11.8. The maximum Gasteiger partial charge on any atom is 0.242 e. The molecule has 120 valence electrons. The fourth-order valence-corrected chi connectivity index (χ4v) is 3.33. The van der Waals surface area contributed by atoms with Gasteiger partial charge in [0.25, 0.3) is 0 Å². The maximum atomic E-state index is 11.8. The molecule has 0 saturated carbocycles. The normalized spacial score (nSPS) is 12.4. The van der Waals surface area contributed by atoms with Crippen LogP contribution in [0.2, 0.25) is 0 Å². The average Bonchev–Trinajstić information content (AvgIpc) is 2.37. The highest BCUT2D eigenvalue weighted by Gasteiger charge is 2.18. The molecular formula is C15H27N3O2S. The van der Waals surface area contributed by atoms with Gasteiger partial charge in [-0.3, -0.25) is 0 Å². The van der Waals surface area contributed by atoms with Crippen LogP contribution in [0.5, 0.6) is 0 Å².